The maximum absolute atomic E-state index is 11.3. The van der Waals surface area contributed by atoms with Crippen LogP contribution in [0, 0.1) is 0 Å². The number of hydrogen-bond donors (Lipinski definition) is 2. The summed E-state index contributed by atoms with van der Waals surface area (Å²) in [7, 11) is 1.33. The predicted octanol–water partition coefficient (Wildman–Crippen LogP) is 0.915. The first-order chi connectivity index (χ1) is 8.29. The number of thioether (sulfide) groups is 1. The number of nitrogens with two attached hydrogens (primary N) is 1. The maximum Gasteiger partial charge on any atom is 0.325 e. The number of ether oxygens (including phenoxy) is 1. The summed E-state index contributed by atoms with van der Waals surface area (Å²) in [5.74, 6) is 0.885. The number of rotatable bonds is 8. The molecule has 0 bridgehead atoms. The van der Waals surface area contributed by atoms with Crippen molar-refractivity contribution >= 4 is 23.6 Å². The summed E-state index contributed by atoms with van der Waals surface area (Å²) in [4.78, 5) is 22.6. The summed E-state index contributed by atoms with van der Waals surface area (Å²) in [6.07, 6.45) is 1.33. The highest BCUT2D eigenvalue weighted by Gasteiger charge is 2.28. The van der Waals surface area contributed by atoms with Crippen LogP contribution in [0.4, 0.5) is 0 Å². The number of methoxy groups -OCH3 is 1. The van der Waals surface area contributed by atoms with Crippen molar-refractivity contribution in [2.75, 3.05) is 18.6 Å². The molecule has 0 saturated heterocycles. The fourth-order valence-corrected chi connectivity index (χ4v) is 2.17. The summed E-state index contributed by atoms with van der Waals surface area (Å²) < 4.78 is 4.62. The zero-order valence-electron chi connectivity index (χ0n) is 11.6. The summed E-state index contributed by atoms with van der Waals surface area (Å²) in [6.45, 7) is 5.52. The molecular weight excluding hydrogens is 252 g/mol. The molecule has 0 aliphatic carbocycles. The Hall–Kier alpha value is -0.750. The van der Waals surface area contributed by atoms with Gasteiger partial charge < -0.3 is 15.8 Å². The van der Waals surface area contributed by atoms with E-state index in [4.69, 9.17) is 5.73 Å². The van der Waals surface area contributed by atoms with Gasteiger partial charge in [0, 0.05) is 6.04 Å². The van der Waals surface area contributed by atoms with Crippen LogP contribution in [0.3, 0.4) is 0 Å². The number of carbonyl (C=O) groups is 2. The Morgan fingerprint density at radius 3 is 2.56 bits per heavy atom. The van der Waals surface area contributed by atoms with Crippen LogP contribution in [0.5, 0.6) is 0 Å². The number of nitrogens with one attached hydrogen (secondary N) is 1. The van der Waals surface area contributed by atoms with Gasteiger partial charge in [-0.1, -0.05) is 0 Å². The van der Waals surface area contributed by atoms with Crippen LogP contribution in [0.25, 0.3) is 0 Å². The molecule has 1 unspecified atom stereocenters. The monoisotopic (exact) mass is 276 g/mol. The minimum atomic E-state index is -0.935. The maximum atomic E-state index is 11.3. The molecule has 0 spiro atoms. The van der Waals surface area contributed by atoms with Gasteiger partial charge in [0.2, 0.25) is 5.91 Å². The SMILES string of the molecule is COC(=O)C(C)(N)CCCSCC(=O)NC(C)C. The lowest BCUT2D eigenvalue weighted by molar-refractivity contribution is -0.146. The first-order valence-corrected chi connectivity index (χ1v) is 7.19. The van der Waals surface area contributed by atoms with E-state index in [1.807, 2.05) is 13.8 Å². The minimum absolute atomic E-state index is 0.0403. The first kappa shape index (κ1) is 17.2. The third-order valence-electron chi connectivity index (χ3n) is 2.32. The molecular formula is C12H24N2O3S. The number of hydrogen-bond acceptors (Lipinski definition) is 5. The second kappa shape index (κ2) is 8.37. The molecule has 18 heavy (non-hydrogen) atoms. The summed E-state index contributed by atoms with van der Waals surface area (Å²) in [6, 6.07) is 0.171. The topological polar surface area (TPSA) is 81.4 Å². The standard InChI is InChI=1S/C12H24N2O3S/c1-9(2)14-10(15)8-18-7-5-6-12(3,13)11(16)17-4/h9H,5-8,13H2,1-4H3,(H,14,15). The third-order valence-corrected chi connectivity index (χ3v) is 3.36. The van der Waals surface area contributed by atoms with E-state index in [0.717, 1.165) is 12.2 Å². The first-order valence-electron chi connectivity index (χ1n) is 6.04. The van der Waals surface area contributed by atoms with Crippen molar-refractivity contribution in [3.8, 4) is 0 Å². The van der Waals surface area contributed by atoms with Crippen molar-refractivity contribution < 1.29 is 14.3 Å². The number of esters is 1. The van der Waals surface area contributed by atoms with Gasteiger partial charge in [-0.25, -0.2) is 0 Å². The van der Waals surface area contributed by atoms with Crippen molar-refractivity contribution in [3.05, 3.63) is 0 Å². The number of amides is 1. The molecule has 0 aromatic heterocycles. The molecule has 5 nitrogen and oxygen atoms in total. The van der Waals surface area contributed by atoms with Gasteiger partial charge in [0.05, 0.1) is 12.9 Å². The van der Waals surface area contributed by atoms with Crippen LogP contribution in [-0.2, 0) is 14.3 Å². The molecule has 0 aromatic rings. The molecule has 0 radical (unpaired) electrons. The van der Waals surface area contributed by atoms with Crippen molar-refractivity contribution in [1.29, 1.82) is 0 Å². The second-order valence-corrected chi connectivity index (χ2v) is 5.89. The van der Waals surface area contributed by atoms with Gasteiger partial charge in [-0.05, 0) is 39.4 Å². The molecule has 0 aliphatic rings. The Morgan fingerprint density at radius 1 is 1.44 bits per heavy atom. The van der Waals surface area contributed by atoms with Gasteiger partial charge in [-0.15, -0.1) is 0 Å². The molecule has 3 N–H and O–H groups in total. The lowest BCUT2D eigenvalue weighted by Gasteiger charge is -2.20. The van der Waals surface area contributed by atoms with Crippen LogP contribution in [0.1, 0.15) is 33.6 Å². The van der Waals surface area contributed by atoms with Crippen molar-refractivity contribution in [2.45, 2.75) is 45.2 Å². The van der Waals surface area contributed by atoms with Crippen LogP contribution in [-0.4, -0.2) is 42.1 Å². The Morgan fingerprint density at radius 2 is 2.06 bits per heavy atom. The molecule has 0 aliphatic heterocycles. The van der Waals surface area contributed by atoms with Gasteiger partial charge in [0.1, 0.15) is 5.54 Å². The molecule has 1 atom stereocenters. The Kier molecular flexibility index (Phi) is 8.02. The average Bonchev–Trinajstić information content (AvgIpc) is 2.26. The largest absolute Gasteiger partial charge is 0.468 e. The van der Waals surface area contributed by atoms with Gasteiger partial charge >= 0.3 is 5.97 Å². The third kappa shape index (κ3) is 7.55. The average molecular weight is 276 g/mol. The lowest BCUT2D eigenvalue weighted by Crippen LogP contribution is -2.45. The van der Waals surface area contributed by atoms with Crippen molar-refractivity contribution in [2.24, 2.45) is 5.73 Å². The molecule has 0 heterocycles. The molecule has 0 fully saturated rings. The van der Waals surface area contributed by atoms with E-state index in [0.29, 0.717) is 12.2 Å². The van der Waals surface area contributed by atoms with Crippen LogP contribution < -0.4 is 11.1 Å². The Bertz CT molecular complexity index is 280. The van der Waals surface area contributed by atoms with Crippen LogP contribution >= 0.6 is 11.8 Å². The Balaban J connectivity index is 3.68. The predicted molar refractivity (Wildman–Crippen MR) is 74.4 cm³/mol. The zero-order chi connectivity index (χ0) is 14.2. The molecule has 0 saturated carbocycles. The van der Waals surface area contributed by atoms with Gasteiger partial charge in [0.25, 0.3) is 0 Å². The fraction of sp³-hybridized carbons (Fsp3) is 0.833. The highest BCUT2D eigenvalue weighted by atomic mass is 32.2. The van der Waals surface area contributed by atoms with Gasteiger partial charge in [-0.2, -0.15) is 11.8 Å². The Labute approximate surface area is 113 Å². The van der Waals surface area contributed by atoms with E-state index >= 15 is 0 Å². The molecule has 1 amide bonds. The zero-order valence-corrected chi connectivity index (χ0v) is 12.4. The smallest absolute Gasteiger partial charge is 0.325 e. The minimum Gasteiger partial charge on any atom is -0.468 e. The second-order valence-electron chi connectivity index (χ2n) is 4.79. The van der Waals surface area contributed by atoms with E-state index in [1.165, 1.54) is 7.11 Å². The highest BCUT2D eigenvalue weighted by Crippen LogP contribution is 2.13. The van der Waals surface area contributed by atoms with Crippen LogP contribution in [0.15, 0.2) is 0 Å². The normalized spacial score (nSPS) is 14.1. The van der Waals surface area contributed by atoms with Gasteiger partial charge in [0.15, 0.2) is 0 Å². The quantitative estimate of drug-likeness (QED) is 0.509. The summed E-state index contributed by atoms with van der Waals surface area (Å²) >= 11 is 1.54. The van der Waals surface area contributed by atoms with Gasteiger partial charge in [-0.3, -0.25) is 9.59 Å². The van der Waals surface area contributed by atoms with E-state index < -0.39 is 11.5 Å². The summed E-state index contributed by atoms with van der Waals surface area (Å²) in [5, 5.41) is 2.82. The van der Waals surface area contributed by atoms with Crippen molar-refractivity contribution in [3.63, 3.8) is 0 Å². The van der Waals surface area contributed by atoms with E-state index in [-0.39, 0.29) is 11.9 Å². The van der Waals surface area contributed by atoms with E-state index in [1.54, 1.807) is 18.7 Å². The molecule has 0 rings (SSSR count). The van der Waals surface area contributed by atoms with Crippen LogP contribution in [0.2, 0.25) is 0 Å². The highest BCUT2D eigenvalue weighted by molar-refractivity contribution is 7.99. The van der Waals surface area contributed by atoms with E-state index in [9.17, 15) is 9.59 Å². The molecule has 106 valence electrons. The van der Waals surface area contributed by atoms with Crippen molar-refractivity contribution in [1.82, 2.24) is 5.32 Å². The fourth-order valence-electron chi connectivity index (χ4n) is 1.41. The summed E-state index contributed by atoms with van der Waals surface area (Å²) in [5.41, 5.74) is 4.88. The lowest BCUT2D eigenvalue weighted by atomic mass is 9.98. The molecule has 0 aromatic carbocycles. The van der Waals surface area contributed by atoms with E-state index in [2.05, 4.69) is 10.1 Å². The molecule has 6 heteroatoms. The number of carbonyl (C=O) groups excluding carboxylic acids is 2.